The fraction of sp³-hybridized carbons (Fsp3) is 0.462. The Morgan fingerprint density at radius 1 is 1.53 bits per heavy atom. The van der Waals surface area contributed by atoms with Crippen LogP contribution < -0.4 is 0 Å². The number of hydrogen-bond donors (Lipinski definition) is 0. The lowest BCUT2D eigenvalue weighted by Crippen LogP contribution is -2.39. The van der Waals surface area contributed by atoms with Crippen LogP contribution in [-0.4, -0.2) is 23.9 Å². The molecule has 0 bridgehead atoms. The van der Waals surface area contributed by atoms with E-state index in [2.05, 4.69) is 22.9 Å². The van der Waals surface area contributed by atoms with Crippen LogP contribution in [0.4, 0.5) is 0 Å². The summed E-state index contributed by atoms with van der Waals surface area (Å²) in [7, 11) is 0. The Labute approximate surface area is 115 Å². The van der Waals surface area contributed by atoms with Crippen molar-refractivity contribution in [2.24, 2.45) is 5.92 Å². The second-order valence-electron chi connectivity index (χ2n) is 4.62. The molecular weight excluding hydrogens is 302 g/mol. The molecule has 1 amide bonds. The monoisotopic (exact) mass is 315 g/mol. The molecule has 4 heteroatoms. The van der Waals surface area contributed by atoms with Crippen molar-refractivity contribution in [2.75, 3.05) is 13.1 Å². The second kappa shape index (κ2) is 5.40. The fourth-order valence-corrected chi connectivity index (χ4v) is 2.77. The highest BCUT2D eigenvalue weighted by Gasteiger charge is 2.23. The first-order valence-electron chi connectivity index (χ1n) is 5.82. The maximum Gasteiger partial charge on any atom is 0.255 e. The summed E-state index contributed by atoms with van der Waals surface area (Å²) in [6.07, 6.45) is 2.29. The Balaban J connectivity index is 2.21. The Kier molecular flexibility index (Phi) is 4.10. The topological polar surface area (TPSA) is 20.3 Å². The maximum atomic E-state index is 12.3. The molecule has 17 heavy (non-hydrogen) atoms. The molecule has 1 fully saturated rings. The average molecular weight is 317 g/mol. The van der Waals surface area contributed by atoms with E-state index in [1.165, 1.54) is 6.42 Å². The van der Waals surface area contributed by atoms with E-state index in [1.54, 1.807) is 12.1 Å². The third-order valence-corrected chi connectivity index (χ3v) is 3.93. The van der Waals surface area contributed by atoms with E-state index in [1.807, 2.05) is 11.0 Å². The minimum absolute atomic E-state index is 0.0443. The predicted octanol–water partition coefficient (Wildman–Crippen LogP) is 3.97. The summed E-state index contributed by atoms with van der Waals surface area (Å²) < 4.78 is 0.885. The molecule has 1 aliphatic heterocycles. The van der Waals surface area contributed by atoms with Crippen LogP contribution in [0.1, 0.15) is 30.1 Å². The molecule has 1 unspecified atom stereocenters. The Morgan fingerprint density at radius 3 is 3.00 bits per heavy atom. The van der Waals surface area contributed by atoms with Gasteiger partial charge in [0.2, 0.25) is 0 Å². The molecule has 2 rings (SSSR count). The molecule has 0 spiro atoms. The molecule has 0 saturated carbocycles. The molecule has 1 atom stereocenters. The van der Waals surface area contributed by atoms with Gasteiger partial charge in [0.15, 0.2) is 0 Å². The normalized spacial score (nSPS) is 20.4. The van der Waals surface area contributed by atoms with Gasteiger partial charge in [-0.05, 0) is 37.0 Å². The van der Waals surface area contributed by atoms with Gasteiger partial charge in [-0.3, -0.25) is 4.79 Å². The molecule has 0 radical (unpaired) electrons. The lowest BCUT2D eigenvalue weighted by atomic mass is 9.99. The van der Waals surface area contributed by atoms with Crippen LogP contribution in [0.2, 0.25) is 5.02 Å². The van der Waals surface area contributed by atoms with Crippen LogP contribution in [-0.2, 0) is 0 Å². The number of amides is 1. The van der Waals surface area contributed by atoms with E-state index in [0.29, 0.717) is 16.5 Å². The molecule has 0 N–H and O–H groups in total. The van der Waals surface area contributed by atoms with Crippen LogP contribution in [0.25, 0.3) is 0 Å². The van der Waals surface area contributed by atoms with Crippen molar-refractivity contribution in [3.8, 4) is 0 Å². The van der Waals surface area contributed by atoms with Crippen LogP contribution in [0.15, 0.2) is 22.7 Å². The fourth-order valence-electron chi connectivity index (χ4n) is 2.21. The van der Waals surface area contributed by atoms with E-state index in [4.69, 9.17) is 11.6 Å². The van der Waals surface area contributed by atoms with E-state index < -0.39 is 0 Å². The summed E-state index contributed by atoms with van der Waals surface area (Å²) in [5.74, 6) is 0.626. The number of halogens is 2. The minimum Gasteiger partial charge on any atom is -0.338 e. The number of hydrogen-bond acceptors (Lipinski definition) is 1. The van der Waals surface area contributed by atoms with E-state index in [0.717, 1.165) is 24.0 Å². The molecule has 1 aromatic carbocycles. The number of piperidine rings is 1. The minimum atomic E-state index is 0.0443. The van der Waals surface area contributed by atoms with Crippen molar-refractivity contribution in [2.45, 2.75) is 19.8 Å². The number of benzene rings is 1. The predicted molar refractivity (Wildman–Crippen MR) is 73.5 cm³/mol. The molecule has 0 aromatic heterocycles. The summed E-state index contributed by atoms with van der Waals surface area (Å²) in [6.45, 7) is 3.86. The van der Waals surface area contributed by atoms with Gasteiger partial charge in [-0.15, -0.1) is 0 Å². The third-order valence-electron chi connectivity index (χ3n) is 3.10. The van der Waals surface area contributed by atoms with Crippen molar-refractivity contribution in [1.82, 2.24) is 4.90 Å². The molecule has 0 aliphatic carbocycles. The smallest absolute Gasteiger partial charge is 0.255 e. The summed E-state index contributed by atoms with van der Waals surface area (Å²) in [6, 6.07) is 5.40. The average Bonchev–Trinajstić information content (AvgIpc) is 2.31. The Morgan fingerprint density at radius 2 is 2.29 bits per heavy atom. The third kappa shape index (κ3) is 3.02. The summed E-state index contributed by atoms with van der Waals surface area (Å²) >= 11 is 9.45. The largest absolute Gasteiger partial charge is 0.338 e. The highest BCUT2D eigenvalue weighted by atomic mass is 79.9. The number of rotatable bonds is 1. The first-order chi connectivity index (χ1) is 8.08. The van der Waals surface area contributed by atoms with Gasteiger partial charge >= 0.3 is 0 Å². The number of carbonyl (C=O) groups is 1. The SMILES string of the molecule is CC1CCCN(C(=O)c2cc(Br)ccc2Cl)C1. The van der Waals surface area contributed by atoms with Crippen LogP contribution >= 0.6 is 27.5 Å². The van der Waals surface area contributed by atoms with Crippen molar-refractivity contribution < 1.29 is 4.79 Å². The zero-order valence-electron chi connectivity index (χ0n) is 9.75. The lowest BCUT2D eigenvalue weighted by molar-refractivity contribution is 0.0683. The number of likely N-dealkylation sites (tertiary alicyclic amines) is 1. The molecule has 2 nitrogen and oxygen atoms in total. The summed E-state index contributed by atoms with van der Waals surface area (Å²) in [5.41, 5.74) is 0.593. The number of carbonyl (C=O) groups excluding carboxylic acids is 1. The summed E-state index contributed by atoms with van der Waals surface area (Å²) in [4.78, 5) is 14.2. The van der Waals surface area contributed by atoms with Gasteiger partial charge in [-0.2, -0.15) is 0 Å². The number of nitrogens with zero attached hydrogens (tertiary/aromatic N) is 1. The quantitative estimate of drug-likeness (QED) is 0.767. The van der Waals surface area contributed by atoms with E-state index in [9.17, 15) is 4.79 Å². The van der Waals surface area contributed by atoms with Gasteiger partial charge in [0.05, 0.1) is 10.6 Å². The second-order valence-corrected chi connectivity index (χ2v) is 5.95. The molecule has 1 aliphatic rings. The standard InChI is InChI=1S/C13H15BrClNO/c1-9-3-2-6-16(8-9)13(17)11-7-10(14)4-5-12(11)15/h4-5,7,9H,2-3,6,8H2,1H3. The van der Waals surface area contributed by atoms with Crippen molar-refractivity contribution in [1.29, 1.82) is 0 Å². The van der Waals surface area contributed by atoms with E-state index in [-0.39, 0.29) is 5.91 Å². The van der Waals surface area contributed by atoms with Crippen molar-refractivity contribution in [3.05, 3.63) is 33.3 Å². The first kappa shape index (κ1) is 12.9. The highest BCUT2D eigenvalue weighted by molar-refractivity contribution is 9.10. The van der Waals surface area contributed by atoms with Gasteiger partial charge in [0, 0.05) is 17.6 Å². The van der Waals surface area contributed by atoms with Crippen molar-refractivity contribution >= 4 is 33.4 Å². The van der Waals surface area contributed by atoms with Crippen LogP contribution in [0, 0.1) is 5.92 Å². The molecular formula is C13H15BrClNO. The zero-order chi connectivity index (χ0) is 12.4. The van der Waals surface area contributed by atoms with Gasteiger partial charge in [-0.25, -0.2) is 0 Å². The van der Waals surface area contributed by atoms with Gasteiger partial charge in [0.25, 0.3) is 5.91 Å². The molecule has 1 saturated heterocycles. The molecule has 92 valence electrons. The highest BCUT2D eigenvalue weighted by Crippen LogP contribution is 2.24. The van der Waals surface area contributed by atoms with Crippen LogP contribution in [0.5, 0.6) is 0 Å². The van der Waals surface area contributed by atoms with Crippen LogP contribution in [0.3, 0.4) is 0 Å². The molecule has 1 aromatic rings. The first-order valence-corrected chi connectivity index (χ1v) is 6.99. The summed E-state index contributed by atoms with van der Waals surface area (Å²) in [5, 5.41) is 0.524. The van der Waals surface area contributed by atoms with Crippen molar-refractivity contribution in [3.63, 3.8) is 0 Å². The molecule has 1 heterocycles. The van der Waals surface area contributed by atoms with Gasteiger partial charge < -0.3 is 4.90 Å². The van der Waals surface area contributed by atoms with E-state index >= 15 is 0 Å². The lowest BCUT2D eigenvalue weighted by Gasteiger charge is -2.31. The van der Waals surface area contributed by atoms with Gasteiger partial charge in [0.1, 0.15) is 0 Å². The maximum absolute atomic E-state index is 12.3. The Hall–Kier alpha value is -0.540. The van der Waals surface area contributed by atoms with Gasteiger partial charge in [-0.1, -0.05) is 34.5 Å². The zero-order valence-corrected chi connectivity index (χ0v) is 12.1. The Bertz CT molecular complexity index is 435.